The molecule has 0 aromatic heterocycles. The van der Waals surface area contributed by atoms with Crippen molar-refractivity contribution in [1.82, 2.24) is 0 Å². The molecular weight excluding hydrogens is 217 g/mol. The Balaban J connectivity index is 3.16. The van der Waals surface area contributed by atoms with Crippen molar-refractivity contribution in [3.63, 3.8) is 0 Å². The van der Waals surface area contributed by atoms with Gasteiger partial charge in [0.05, 0.1) is 19.1 Å². The lowest BCUT2D eigenvalue weighted by molar-refractivity contribution is -0.136. The lowest BCUT2D eigenvalue weighted by Crippen LogP contribution is -2.15. The predicted octanol–water partition coefficient (Wildman–Crippen LogP) is 0.150. The normalized spacial score (nSPS) is 12.4. The third-order valence-electron chi connectivity index (χ3n) is 2.10. The Bertz CT molecular complexity index is 408. The molecule has 6 heteroatoms. The summed E-state index contributed by atoms with van der Waals surface area (Å²) in [5, 5.41) is 26.7. The lowest BCUT2D eigenvalue weighted by atomic mass is 10.0. The summed E-state index contributed by atoms with van der Waals surface area (Å²) in [6.07, 6.45) is -0.373. The summed E-state index contributed by atoms with van der Waals surface area (Å²) in [7, 11) is 0. The number of hydrogen-bond donors (Lipinski definition) is 4. The summed E-state index contributed by atoms with van der Waals surface area (Å²) in [6, 6.07) is 1.26. The first kappa shape index (κ1) is 12.4. The van der Waals surface area contributed by atoms with Crippen molar-refractivity contribution >= 4 is 5.97 Å². The third-order valence-corrected chi connectivity index (χ3v) is 2.10. The van der Waals surface area contributed by atoms with Crippen LogP contribution in [0, 0.1) is 5.82 Å². The maximum absolute atomic E-state index is 13.2. The van der Waals surface area contributed by atoms with Gasteiger partial charge in [0.1, 0.15) is 0 Å². The van der Waals surface area contributed by atoms with Crippen LogP contribution in [0.25, 0.3) is 0 Å². The molecule has 1 atom stereocenters. The second-order valence-electron chi connectivity index (χ2n) is 3.38. The highest BCUT2D eigenvalue weighted by Gasteiger charge is 2.16. The standard InChI is InChI=1S/C10H12FNO4/c11-7-2-5(3-9(14)15)1-6(10(7)16)8(12)4-13/h1-2,8,13,16H,3-4,12H2,(H,14,15)/t8-/m0/s1. The van der Waals surface area contributed by atoms with Crippen LogP contribution in [0.1, 0.15) is 17.2 Å². The maximum atomic E-state index is 13.2. The van der Waals surface area contributed by atoms with Gasteiger partial charge in [-0.1, -0.05) is 0 Å². The van der Waals surface area contributed by atoms with Crippen molar-refractivity contribution in [3.05, 3.63) is 29.1 Å². The largest absolute Gasteiger partial charge is 0.505 e. The molecular formula is C10H12FNO4. The number of halogens is 1. The van der Waals surface area contributed by atoms with Gasteiger partial charge in [-0.3, -0.25) is 4.79 Å². The first-order chi connectivity index (χ1) is 7.45. The van der Waals surface area contributed by atoms with Gasteiger partial charge < -0.3 is 21.1 Å². The van der Waals surface area contributed by atoms with Crippen LogP contribution in [0.3, 0.4) is 0 Å². The summed E-state index contributed by atoms with van der Waals surface area (Å²) in [6.45, 7) is -0.469. The second-order valence-corrected chi connectivity index (χ2v) is 3.38. The van der Waals surface area contributed by atoms with Crippen LogP contribution in [0.4, 0.5) is 4.39 Å². The molecule has 88 valence electrons. The Morgan fingerprint density at radius 2 is 2.12 bits per heavy atom. The van der Waals surface area contributed by atoms with Gasteiger partial charge in [-0.05, 0) is 17.7 Å². The van der Waals surface area contributed by atoms with Crippen LogP contribution in [0.2, 0.25) is 0 Å². The molecule has 5 nitrogen and oxygen atoms in total. The molecule has 0 heterocycles. The van der Waals surface area contributed by atoms with Gasteiger partial charge in [0.15, 0.2) is 11.6 Å². The molecule has 1 aromatic rings. The van der Waals surface area contributed by atoms with E-state index in [-0.39, 0.29) is 17.5 Å². The number of aliphatic carboxylic acids is 1. The molecule has 0 amide bonds. The van der Waals surface area contributed by atoms with E-state index in [0.29, 0.717) is 0 Å². The van der Waals surface area contributed by atoms with Crippen LogP contribution in [0.5, 0.6) is 5.75 Å². The summed E-state index contributed by atoms with van der Waals surface area (Å²) in [5.41, 5.74) is 5.62. The molecule has 0 spiro atoms. The highest BCUT2D eigenvalue weighted by molar-refractivity contribution is 5.70. The third kappa shape index (κ3) is 2.68. The summed E-state index contributed by atoms with van der Waals surface area (Å²) < 4.78 is 13.2. The zero-order valence-electron chi connectivity index (χ0n) is 8.35. The van der Waals surface area contributed by atoms with Gasteiger partial charge in [0.2, 0.25) is 0 Å². The van der Waals surface area contributed by atoms with Gasteiger partial charge in [-0.2, -0.15) is 0 Å². The fraction of sp³-hybridized carbons (Fsp3) is 0.300. The number of carbonyl (C=O) groups is 1. The molecule has 1 rings (SSSR count). The fourth-order valence-corrected chi connectivity index (χ4v) is 1.34. The molecule has 0 aliphatic heterocycles. The quantitative estimate of drug-likeness (QED) is 0.588. The predicted molar refractivity (Wildman–Crippen MR) is 53.4 cm³/mol. The Labute approximate surface area is 90.9 Å². The van der Waals surface area contributed by atoms with Crippen LogP contribution in [-0.2, 0) is 11.2 Å². The first-order valence-electron chi connectivity index (χ1n) is 4.55. The van der Waals surface area contributed by atoms with E-state index in [1.165, 1.54) is 6.07 Å². The Hall–Kier alpha value is -1.66. The smallest absolute Gasteiger partial charge is 0.307 e. The van der Waals surface area contributed by atoms with Gasteiger partial charge in [0, 0.05) is 5.56 Å². The molecule has 0 aliphatic rings. The molecule has 1 aromatic carbocycles. The average Bonchev–Trinajstić information content (AvgIpc) is 2.21. The number of hydrogen-bond acceptors (Lipinski definition) is 4. The van der Waals surface area contributed by atoms with E-state index in [4.69, 9.17) is 15.9 Å². The van der Waals surface area contributed by atoms with Crippen molar-refractivity contribution in [2.45, 2.75) is 12.5 Å². The van der Waals surface area contributed by atoms with E-state index in [1.807, 2.05) is 0 Å². The molecule has 16 heavy (non-hydrogen) atoms. The van der Waals surface area contributed by atoms with Gasteiger partial charge in [0.25, 0.3) is 0 Å². The van der Waals surface area contributed by atoms with Crippen molar-refractivity contribution in [2.75, 3.05) is 6.61 Å². The number of phenols is 1. The number of nitrogens with two attached hydrogens (primary N) is 1. The van der Waals surface area contributed by atoms with Crippen molar-refractivity contribution in [1.29, 1.82) is 0 Å². The van der Waals surface area contributed by atoms with Crippen molar-refractivity contribution in [3.8, 4) is 5.75 Å². The van der Waals surface area contributed by atoms with Crippen molar-refractivity contribution < 1.29 is 24.5 Å². The number of rotatable bonds is 4. The molecule has 0 fully saturated rings. The molecule has 0 aliphatic carbocycles. The number of carboxylic acid groups (broad SMARTS) is 1. The molecule has 0 unspecified atom stereocenters. The summed E-state index contributed by atoms with van der Waals surface area (Å²) in [5.74, 6) is -2.72. The average molecular weight is 229 g/mol. The highest BCUT2D eigenvalue weighted by atomic mass is 19.1. The van der Waals surface area contributed by atoms with E-state index in [2.05, 4.69) is 0 Å². The monoisotopic (exact) mass is 229 g/mol. The van der Waals surface area contributed by atoms with E-state index in [9.17, 15) is 14.3 Å². The minimum Gasteiger partial charge on any atom is -0.505 e. The van der Waals surface area contributed by atoms with Gasteiger partial charge in [-0.25, -0.2) is 4.39 Å². The maximum Gasteiger partial charge on any atom is 0.307 e. The number of aromatic hydroxyl groups is 1. The molecule has 5 N–H and O–H groups in total. The fourth-order valence-electron chi connectivity index (χ4n) is 1.34. The number of aliphatic hydroxyl groups excluding tert-OH is 1. The minimum absolute atomic E-state index is 0.00116. The number of carboxylic acids is 1. The number of aliphatic hydroxyl groups is 1. The van der Waals surface area contributed by atoms with Crippen LogP contribution >= 0.6 is 0 Å². The zero-order valence-corrected chi connectivity index (χ0v) is 8.35. The topological polar surface area (TPSA) is 104 Å². The SMILES string of the molecule is N[C@@H](CO)c1cc(CC(=O)O)cc(F)c1O. The number of phenolic OH excluding ortho intramolecular Hbond substituents is 1. The minimum atomic E-state index is -1.12. The van der Waals surface area contributed by atoms with E-state index < -0.39 is 30.2 Å². The van der Waals surface area contributed by atoms with E-state index >= 15 is 0 Å². The Kier molecular flexibility index (Phi) is 3.81. The summed E-state index contributed by atoms with van der Waals surface area (Å²) in [4.78, 5) is 10.5. The van der Waals surface area contributed by atoms with Gasteiger partial charge in [-0.15, -0.1) is 0 Å². The zero-order chi connectivity index (χ0) is 12.3. The lowest BCUT2D eigenvalue weighted by Gasteiger charge is -2.12. The van der Waals surface area contributed by atoms with Crippen LogP contribution in [0.15, 0.2) is 12.1 Å². The molecule has 0 radical (unpaired) electrons. The first-order valence-corrected chi connectivity index (χ1v) is 4.55. The van der Waals surface area contributed by atoms with Crippen LogP contribution < -0.4 is 5.73 Å². The highest BCUT2D eigenvalue weighted by Crippen LogP contribution is 2.27. The van der Waals surface area contributed by atoms with Crippen molar-refractivity contribution in [2.24, 2.45) is 5.73 Å². The number of benzene rings is 1. The molecule has 0 saturated carbocycles. The molecule has 0 bridgehead atoms. The van der Waals surface area contributed by atoms with E-state index in [0.717, 1.165) is 6.07 Å². The van der Waals surface area contributed by atoms with Crippen LogP contribution in [-0.4, -0.2) is 27.9 Å². The Morgan fingerprint density at radius 3 is 2.62 bits per heavy atom. The molecule has 0 saturated heterocycles. The van der Waals surface area contributed by atoms with Gasteiger partial charge >= 0.3 is 5.97 Å². The van der Waals surface area contributed by atoms with E-state index in [1.54, 1.807) is 0 Å². The Morgan fingerprint density at radius 1 is 1.50 bits per heavy atom. The summed E-state index contributed by atoms with van der Waals surface area (Å²) >= 11 is 0. The second kappa shape index (κ2) is 4.91.